The Morgan fingerprint density at radius 1 is 1.27 bits per heavy atom. The molecule has 0 saturated heterocycles. The molecule has 0 radical (unpaired) electrons. The third kappa shape index (κ3) is 3.02. The van der Waals surface area contributed by atoms with Gasteiger partial charge in [-0.2, -0.15) is 0 Å². The van der Waals surface area contributed by atoms with E-state index in [1.807, 2.05) is 32.0 Å². The molecule has 1 heterocycles. The minimum Gasteiger partial charge on any atom is -0.487 e. The van der Waals surface area contributed by atoms with Crippen LogP contribution < -0.4 is 15.0 Å². The van der Waals surface area contributed by atoms with Crippen LogP contribution in [0.15, 0.2) is 42.5 Å². The number of amides is 2. The molecule has 0 aliphatic carbocycles. The molecule has 0 unspecified atom stereocenters. The Morgan fingerprint density at radius 2 is 2.00 bits per heavy atom. The largest absolute Gasteiger partial charge is 0.487 e. The van der Waals surface area contributed by atoms with Crippen molar-refractivity contribution in [1.82, 2.24) is 0 Å². The number of hydrogen-bond acceptors (Lipinski definition) is 2. The standard InChI is InChI=1S/C17H17ClN2O2/c1-11-3-8-16-15(9-11)20(10-12(2)22-16)17(21)19-14-6-4-13(18)5-7-14/h3-9,12H,10H2,1-2H3,(H,19,21)/t12-/m0/s1. The third-order valence-corrected chi connectivity index (χ3v) is 3.77. The molecule has 0 saturated carbocycles. The number of aryl methyl sites for hydroxylation is 1. The fraction of sp³-hybridized carbons (Fsp3) is 0.235. The van der Waals surface area contributed by atoms with E-state index in [1.54, 1.807) is 29.2 Å². The van der Waals surface area contributed by atoms with E-state index in [0.29, 0.717) is 17.3 Å². The number of benzene rings is 2. The van der Waals surface area contributed by atoms with E-state index >= 15 is 0 Å². The number of fused-ring (bicyclic) bond motifs is 1. The molecule has 0 fully saturated rings. The van der Waals surface area contributed by atoms with Crippen molar-refractivity contribution >= 4 is 29.0 Å². The number of nitrogens with one attached hydrogen (secondary N) is 1. The van der Waals surface area contributed by atoms with Crippen molar-refractivity contribution in [2.45, 2.75) is 20.0 Å². The van der Waals surface area contributed by atoms with Gasteiger partial charge < -0.3 is 10.1 Å². The van der Waals surface area contributed by atoms with Crippen molar-refractivity contribution in [3.8, 4) is 5.75 Å². The molecule has 2 aromatic rings. The average Bonchev–Trinajstić information content (AvgIpc) is 2.49. The van der Waals surface area contributed by atoms with Crippen LogP contribution in [0.5, 0.6) is 5.75 Å². The molecule has 0 aromatic heterocycles. The molecule has 1 N–H and O–H groups in total. The molecule has 3 rings (SSSR count). The molecule has 1 atom stereocenters. The first-order valence-corrected chi connectivity index (χ1v) is 7.52. The normalized spacial score (nSPS) is 16.7. The minimum absolute atomic E-state index is 0.0498. The number of anilines is 2. The lowest BCUT2D eigenvalue weighted by Crippen LogP contribution is -2.44. The maximum Gasteiger partial charge on any atom is 0.326 e. The van der Waals surface area contributed by atoms with E-state index in [0.717, 1.165) is 17.0 Å². The molecule has 0 spiro atoms. The zero-order valence-corrected chi connectivity index (χ0v) is 13.2. The van der Waals surface area contributed by atoms with E-state index in [4.69, 9.17) is 16.3 Å². The van der Waals surface area contributed by atoms with Crippen LogP contribution in [0, 0.1) is 6.92 Å². The van der Waals surface area contributed by atoms with Crippen molar-refractivity contribution in [3.63, 3.8) is 0 Å². The Balaban J connectivity index is 1.86. The summed E-state index contributed by atoms with van der Waals surface area (Å²) in [5.74, 6) is 0.732. The molecule has 114 valence electrons. The van der Waals surface area contributed by atoms with Crippen molar-refractivity contribution < 1.29 is 9.53 Å². The van der Waals surface area contributed by atoms with Gasteiger partial charge in [0, 0.05) is 10.7 Å². The molecule has 1 aliphatic rings. The Morgan fingerprint density at radius 3 is 2.73 bits per heavy atom. The SMILES string of the molecule is Cc1ccc2c(c1)N(C(=O)Nc1ccc(Cl)cc1)C[C@H](C)O2. The number of carbonyl (C=O) groups is 1. The molecule has 22 heavy (non-hydrogen) atoms. The van der Waals surface area contributed by atoms with Crippen molar-refractivity contribution in [2.75, 3.05) is 16.8 Å². The number of halogens is 1. The third-order valence-electron chi connectivity index (χ3n) is 3.51. The van der Waals surface area contributed by atoms with E-state index in [2.05, 4.69) is 5.32 Å². The fourth-order valence-electron chi connectivity index (χ4n) is 2.46. The summed E-state index contributed by atoms with van der Waals surface area (Å²) in [5.41, 5.74) is 2.59. The Bertz CT molecular complexity index is 700. The summed E-state index contributed by atoms with van der Waals surface area (Å²) in [5, 5.41) is 3.53. The van der Waals surface area contributed by atoms with Gasteiger partial charge in [-0.15, -0.1) is 0 Å². The first-order chi connectivity index (χ1) is 10.5. The lowest BCUT2D eigenvalue weighted by molar-refractivity contribution is 0.208. The predicted molar refractivity (Wildman–Crippen MR) is 89.1 cm³/mol. The van der Waals surface area contributed by atoms with Crippen LogP contribution in [-0.4, -0.2) is 18.7 Å². The Kier molecular flexibility index (Phi) is 3.94. The molecular weight excluding hydrogens is 300 g/mol. The number of urea groups is 1. The lowest BCUT2D eigenvalue weighted by Gasteiger charge is -2.33. The zero-order valence-electron chi connectivity index (χ0n) is 12.5. The van der Waals surface area contributed by atoms with Gasteiger partial charge in [-0.3, -0.25) is 4.90 Å². The summed E-state index contributed by atoms with van der Waals surface area (Å²) in [6.07, 6.45) is -0.0498. The highest BCUT2D eigenvalue weighted by atomic mass is 35.5. The first kappa shape index (κ1) is 14.7. The maximum absolute atomic E-state index is 12.6. The number of ether oxygens (including phenoxy) is 1. The van der Waals surface area contributed by atoms with Crippen LogP contribution in [-0.2, 0) is 0 Å². The highest BCUT2D eigenvalue weighted by Gasteiger charge is 2.27. The van der Waals surface area contributed by atoms with E-state index < -0.39 is 0 Å². The molecule has 2 aromatic carbocycles. The van der Waals surface area contributed by atoms with Crippen molar-refractivity contribution in [3.05, 3.63) is 53.1 Å². The number of nitrogens with zero attached hydrogens (tertiary/aromatic N) is 1. The summed E-state index contributed by atoms with van der Waals surface area (Å²) in [4.78, 5) is 14.3. The molecule has 2 amide bonds. The smallest absolute Gasteiger partial charge is 0.326 e. The average molecular weight is 317 g/mol. The molecule has 4 nitrogen and oxygen atoms in total. The highest BCUT2D eigenvalue weighted by Crippen LogP contribution is 2.34. The molecule has 1 aliphatic heterocycles. The zero-order chi connectivity index (χ0) is 15.7. The van der Waals surface area contributed by atoms with Gasteiger partial charge in [0.15, 0.2) is 0 Å². The Hall–Kier alpha value is -2.20. The number of rotatable bonds is 1. The van der Waals surface area contributed by atoms with Gasteiger partial charge in [-0.1, -0.05) is 17.7 Å². The summed E-state index contributed by atoms with van der Waals surface area (Å²) < 4.78 is 5.79. The second-order valence-corrected chi connectivity index (χ2v) is 5.88. The van der Waals surface area contributed by atoms with Crippen molar-refractivity contribution in [2.24, 2.45) is 0 Å². The van der Waals surface area contributed by atoms with Gasteiger partial charge >= 0.3 is 6.03 Å². The summed E-state index contributed by atoms with van der Waals surface area (Å²) in [6.45, 7) is 4.45. The van der Waals surface area contributed by atoms with E-state index in [-0.39, 0.29) is 12.1 Å². The number of hydrogen-bond donors (Lipinski definition) is 1. The van der Waals surface area contributed by atoms with E-state index in [1.165, 1.54) is 0 Å². The van der Waals surface area contributed by atoms with Crippen LogP contribution in [0.4, 0.5) is 16.2 Å². The van der Waals surface area contributed by atoms with Crippen LogP contribution in [0.2, 0.25) is 5.02 Å². The van der Waals surface area contributed by atoms with E-state index in [9.17, 15) is 4.79 Å². The topological polar surface area (TPSA) is 41.6 Å². The van der Waals surface area contributed by atoms with Gasteiger partial charge in [-0.25, -0.2) is 4.79 Å². The summed E-state index contributed by atoms with van der Waals surface area (Å²) in [6, 6.07) is 12.7. The fourth-order valence-corrected chi connectivity index (χ4v) is 2.59. The van der Waals surface area contributed by atoms with Crippen LogP contribution in [0.3, 0.4) is 0 Å². The minimum atomic E-state index is -0.177. The van der Waals surface area contributed by atoms with Crippen LogP contribution in [0.1, 0.15) is 12.5 Å². The second kappa shape index (κ2) is 5.89. The summed E-state index contributed by atoms with van der Waals surface area (Å²) in [7, 11) is 0. The van der Waals surface area contributed by atoms with Gasteiger partial charge in [-0.05, 0) is 55.8 Å². The predicted octanol–water partition coefficient (Wildman–Crippen LogP) is 4.47. The first-order valence-electron chi connectivity index (χ1n) is 7.14. The quantitative estimate of drug-likeness (QED) is 0.843. The Labute approximate surface area is 134 Å². The van der Waals surface area contributed by atoms with Gasteiger partial charge in [0.05, 0.1) is 12.2 Å². The van der Waals surface area contributed by atoms with Gasteiger partial charge in [0.1, 0.15) is 11.9 Å². The van der Waals surface area contributed by atoms with Crippen molar-refractivity contribution in [1.29, 1.82) is 0 Å². The van der Waals surface area contributed by atoms with Crippen LogP contribution in [0.25, 0.3) is 0 Å². The second-order valence-electron chi connectivity index (χ2n) is 5.45. The van der Waals surface area contributed by atoms with Gasteiger partial charge in [0.25, 0.3) is 0 Å². The molecule has 0 bridgehead atoms. The maximum atomic E-state index is 12.6. The molecular formula is C17H17ClN2O2. The highest BCUT2D eigenvalue weighted by molar-refractivity contribution is 6.30. The monoisotopic (exact) mass is 316 g/mol. The summed E-state index contributed by atoms with van der Waals surface area (Å²) >= 11 is 5.86. The molecule has 5 heteroatoms. The lowest BCUT2D eigenvalue weighted by atomic mass is 10.1. The van der Waals surface area contributed by atoms with Gasteiger partial charge in [0.2, 0.25) is 0 Å². The van der Waals surface area contributed by atoms with Crippen LogP contribution >= 0.6 is 11.6 Å². The number of carbonyl (C=O) groups excluding carboxylic acids is 1.